The summed E-state index contributed by atoms with van der Waals surface area (Å²) in [6.07, 6.45) is 1.70. The first-order valence-corrected chi connectivity index (χ1v) is 10.4. The number of anilines is 2. The van der Waals surface area contributed by atoms with Crippen molar-refractivity contribution < 1.29 is 14.3 Å². The van der Waals surface area contributed by atoms with Crippen LogP contribution >= 0.6 is 0 Å². The van der Waals surface area contributed by atoms with E-state index >= 15 is 0 Å². The SMILES string of the molecule is COc1ccc(C)cc1NC(=O)c1ccc2c(c1)CCCN2C(=O)c1cccc(C)c1. The lowest BCUT2D eigenvalue weighted by molar-refractivity contribution is 0.0984. The van der Waals surface area contributed by atoms with Crippen molar-refractivity contribution in [2.45, 2.75) is 26.7 Å². The zero-order chi connectivity index (χ0) is 22.0. The molecule has 1 N–H and O–H groups in total. The third-order valence-electron chi connectivity index (χ3n) is 5.57. The van der Waals surface area contributed by atoms with Crippen LogP contribution in [0.4, 0.5) is 11.4 Å². The molecule has 0 saturated heterocycles. The van der Waals surface area contributed by atoms with E-state index in [-0.39, 0.29) is 11.8 Å². The van der Waals surface area contributed by atoms with Crippen molar-refractivity contribution >= 4 is 23.2 Å². The second-order valence-corrected chi connectivity index (χ2v) is 7.93. The van der Waals surface area contributed by atoms with Crippen molar-refractivity contribution in [3.63, 3.8) is 0 Å². The van der Waals surface area contributed by atoms with Gasteiger partial charge in [0, 0.05) is 23.4 Å². The molecule has 3 aromatic rings. The van der Waals surface area contributed by atoms with Gasteiger partial charge in [0.05, 0.1) is 12.8 Å². The summed E-state index contributed by atoms with van der Waals surface area (Å²) in [7, 11) is 1.58. The van der Waals surface area contributed by atoms with Crippen LogP contribution in [0.15, 0.2) is 60.7 Å². The third-order valence-corrected chi connectivity index (χ3v) is 5.57. The van der Waals surface area contributed by atoms with Crippen LogP contribution in [-0.2, 0) is 6.42 Å². The van der Waals surface area contributed by atoms with Crippen LogP contribution in [0, 0.1) is 13.8 Å². The highest BCUT2D eigenvalue weighted by molar-refractivity contribution is 6.08. The summed E-state index contributed by atoms with van der Waals surface area (Å²) < 4.78 is 5.36. The fraction of sp³-hybridized carbons (Fsp3) is 0.231. The van der Waals surface area contributed by atoms with Crippen LogP contribution in [0.5, 0.6) is 5.75 Å². The molecule has 0 aromatic heterocycles. The van der Waals surface area contributed by atoms with E-state index < -0.39 is 0 Å². The number of benzene rings is 3. The quantitative estimate of drug-likeness (QED) is 0.642. The predicted molar refractivity (Wildman–Crippen MR) is 123 cm³/mol. The zero-order valence-electron chi connectivity index (χ0n) is 18.1. The van der Waals surface area contributed by atoms with Crippen molar-refractivity contribution in [1.29, 1.82) is 0 Å². The highest BCUT2D eigenvalue weighted by Crippen LogP contribution is 2.31. The Bertz CT molecular complexity index is 1150. The molecular weight excluding hydrogens is 388 g/mol. The lowest BCUT2D eigenvalue weighted by atomic mass is 9.98. The summed E-state index contributed by atoms with van der Waals surface area (Å²) in [4.78, 5) is 27.8. The predicted octanol–water partition coefficient (Wildman–Crippen LogP) is 5.16. The van der Waals surface area contributed by atoms with Crippen molar-refractivity contribution in [3.05, 3.63) is 88.5 Å². The van der Waals surface area contributed by atoms with Gasteiger partial charge in [0.25, 0.3) is 11.8 Å². The van der Waals surface area contributed by atoms with Crippen molar-refractivity contribution in [2.75, 3.05) is 23.9 Å². The second-order valence-electron chi connectivity index (χ2n) is 7.93. The normalized spacial score (nSPS) is 12.8. The first kappa shape index (κ1) is 20.7. The lowest BCUT2D eigenvalue weighted by Crippen LogP contribution is -2.35. The van der Waals surface area contributed by atoms with Crippen LogP contribution in [0.2, 0.25) is 0 Å². The molecule has 5 heteroatoms. The van der Waals surface area contributed by atoms with E-state index in [0.29, 0.717) is 29.1 Å². The molecule has 0 saturated carbocycles. The Hall–Kier alpha value is -3.60. The van der Waals surface area contributed by atoms with Crippen LogP contribution in [0.3, 0.4) is 0 Å². The number of methoxy groups -OCH3 is 1. The van der Waals surface area contributed by atoms with Gasteiger partial charge in [-0.3, -0.25) is 9.59 Å². The summed E-state index contributed by atoms with van der Waals surface area (Å²) in [5.74, 6) is 0.409. The molecule has 4 rings (SSSR count). The molecule has 1 aliphatic heterocycles. The van der Waals surface area contributed by atoms with Gasteiger partial charge in [-0.05, 0) is 80.3 Å². The Morgan fingerprint density at radius 1 is 0.935 bits per heavy atom. The van der Waals surface area contributed by atoms with Gasteiger partial charge in [0.2, 0.25) is 0 Å². The highest BCUT2D eigenvalue weighted by Gasteiger charge is 2.24. The number of carbonyl (C=O) groups is 2. The maximum Gasteiger partial charge on any atom is 0.258 e. The Balaban J connectivity index is 1.59. The van der Waals surface area contributed by atoms with Gasteiger partial charge in [0.15, 0.2) is 0 Å². The van der Waals surface area contributed by atoms with E-state index in [1.54, 1.807) is 13.2 Å². The molecule has 5 nitrogen and oxygen atoms in total. The molecule has 3 aromatic carbocycles. The Morgan fingerprint density at radius 3 is 2.52 bits per heavy atom. The lowest BCUT2D eigenvalue weighted by Gasteiger charge is -2.30. The number of hydrogen-bond donors (Lipinski definition) is 1. The van der Waals surface area contributed by atoms with Crippen LogP contribution in [0.25, 0.3) is 0 Å². The van der Waals surface area contributed by atoms with E-state index in [1.165, 1.54) is 0 Å². The molecule has 1 heterocycles. The second kappa shape index (κ2) is 8.64. The van der Waals surface area contributed by atoms with Gasteiger partial charge in [-0.15, -0.1) is 0 Å². The minimum atomic E-state index is -0.200. The van der Waals surface area contributed by atoms with E-state index in [0.717, 1.165) is 35.2 Å². The number of amides is 2. The fourth-order valence-electron chi connectivity index (χ4n) is 4.00. The van der Waals surface area contributed by atoms with Gasteiger partial charge in [-0.25, -0.2) is 0 Å². The van der Waals surface area contributed by atoms with Gasteiger partial charge in [0.1, 0.15) is 5.75 Å². The van der Waals surface area contributed by atoms with Gasteiger partial charge in [-0.2, -0.15) is 0 Å². The van der Waals surface area contributed by atoms with Gasteiger partial charge >= 0.3 is 0 Å². The average molecular weight is 415 g/mol. The largest absolute Gasteiger partial charge is 0.495 e. The first-order chi connectivity index (χ1) is 15.0. The topological polar surface area (TPSA) is 58.6 Å². The van der Waals surface area contributed by atoms with E-state index in [4.69, 9.17) is 4.74 Å². The van der Waals surface area contributed by atoms with Gasteiger partial charge in [-0.1, -0.05) is 23.8 Å². The summed E-state index contributed by atoms with van der Waals surface area (Å²) in [6, 6.07) is 18.9. The molecule has 0 radical (unpaired) electrons. The maximum absolute atomic E-state index is 13.1. The van der Waals surface area contributed by atoms with E-state index in [9.17, 15) is 9.59 Å². The molecule has 0 unspecified atom stereocenters. The number of nitrogens with one attached hydrogen (secondary N) is 1. The fourth-order valence-corrected chi connectivity index (χ4v) is 4.00. The van der Waals surface area contributed by atoms with E-state index in [1.807, 2.05) is 73.3 Å². The number of rotatable bonds is 4. The number of ether oxygens (including phenoxy) is 1. The molecule has 0 fully saturated rings. The molecule has 0 bridgehead atoms. The minimum Gasteiger partial charge on any atom is -0.495 e. The number of carbonyl (C=O) groups excluding carboxylic acids is 2. The third kappa shape index (κ3) is 4.31. The summed E-state index contributed by atoms with van der Waals surface area (Å²) in [6.45, 7) is 4.62. The maximum atomic E-state index is 13.1. The minimum absolute atomic E-state index is 0.00801. The summed E-state index contributed by atoms with van der Waals surface area (Å²) in [5.41, 5.74) is 5.86. The Morgan fingerprint density at radius 2 is 1.74 bits per heavy atom. The van der Waals surface area contributed by atoms with Crippen molar-refractivity contribution in [1.82, 2.24) is 0 Å². The number of aryl methyl sites for hydroxylation is 3. The number of nitrogens with zero attached hydrogens (tertiary/aromatic N) is 1. The van der Waals surface area contributed by atoms with Crippen molar-refractivity contribution in [2.24, 2.45) is 0 Å². The summed E-state index contributed by atoms with van der Waals surface area (Å²) >= 11 is 0. The smallest absolute Gasteiger partial charge is 0.258 e. The molecule has 1 aliphatic rings. The molecule has 158 valence electrons. The van der Waals surface area contributed by atoms with E-state index in [2.05, 4.69) is 5.32 Å². The standard InChI is InChI=1S/C26H26N2O3/c1-17-6-4-7-21(14-17)26(30)28-13-5-8-19-16-20(10-11-23(19)28)25(29)27-22-15-18(2)9-12-24(22)31-3/h4,6-7,9-12,14-16H,5,8,13H2,1-3H3,(H,27,29). The van der Waals surface area contributed by atoms with Crippen LogP contribution < -0.4 is 15.0 Å². The Labute approximate surface area is 182 Å². The number of hydrogen-bond acceptors (Lipinski definition) is 3. The zero-order valence-corrected chi connectivity index (χ0v) is 18.1. The van der Waals surface area contributed by atoms with Crippen LogP contribution in [-0.4, -0.2) is 25.5 Å². The number of fused-ring (bicyclic) bond motifs is 1. The molecule has 0 spiro atoms. The van der Waals surface area contributed by atoms with Crippen molar-refractivity contribution in [3.8, 4) is 5.75 Å². The average Bonchev–Trinajstić information content (AvgIpc) is 2.78. The summed E-state index contributed by atoms with van der Waals surface area (Å²) in [5, 5.41) is 2.95. The van der Waals surface area contributed by atoms with Gasteiger partial charge < -0.3 is 15.0 Å². The van der Waals surface area contributed by atoms with Crippen LogP contribution in [0.1, 0.15) is 43.8 Å². The Kier molecular flexibility index (Phi) is 5.76. The molecule has 2 amide bonds. The molecule has 0 atom stereocenters. The molecular formula is C26H26N2O3. The monoisotopic (exact) mass is 414 g/mol. The first-order valence-electron chi connectivity index (χ1n) is 10.4. The highest BCUT2D eigenvalue weighted by atomic mass is 16.5. The molecule has 31 heavy (non-hydrogen) atoms. The molecule has 0 aliphatic carbocycles.